The predicted octanol–water partition coefficient (Wildman–Crippen LogP) is 3.12. The number of carbonyl (C=O) groups is 5. The van der Waals surface area contributed by atoms with Gasteiger partial charge in [-0.1, -0.05) is 17.2 Å². The fourth-order valence-corrected chi connectivity index (χ4v) is 2.87. The van der Waals surface area contributed by atoms with E-state index >= 15 is 0 Å². The molecule has 1 aliphatic heterocycles. The highest BCUT2D eigenvalue weighted by Crippen LogP contribution is 2.25. The van der Waals surface area contributed by atoms with Crippen molar-refractivity contribution in [3.63, 3.8) is 0 Å². The zero-order valence-corrected chi connectivity index (χ0v) is 20.0. The van der Waals surface area contributed by atoms with Crippen molar-refractivity contribution in [3.8, 4) is 0 Å². The molecule has 1 rings (SSSR count). The number of cyclic esters (lactones) is 1. The van der Waals surface area contributed by atoms with Crippen LogP contribution in [0.15, 0.2) is 35.1 Å². The molecule has 0 aromatic heterocycles. The molecule has 1 unspecified atom stereocenters. The van der Waals surface area contributed by atoms with E-state index in [-0.39, 0.29) is 12.4 Å². The van der Waals surface area contributed by atoms with Crippen molar-refractivity contribution in [2.75, 3.05) is 13.2 Å². The Hall–Kier alpha value is -3.23. The molecule has 1 heterocycles. The number of hydrogen-bond acceptors (Lipinski definition) is 9. The van der Waals surface area contributed by atoms with Crippen LogP contribution in [0.25, 0.3) is 0 Å². The van der Waals surface area contributed by atoms with Crippen molar-refractivity contribution in [2.24, 2.45) is 5.92 Å². The lowest BCUT2D eigenvalue weighted by atomic mass is 9.96. The van der Waals surface area contributed by atoms with Crippen molar-refractivity contribution in [1.29, 1.82) is 0 Å². The minimum atomic E-state index is -1.82. The topological polar surface area (TPSA) is 122 Å². The molecule has 0 aromatic rings. The van der Waals surface area contributed by atoms with Crippen LogP contribution in [0.2, 0.25) is 0 Å². The van der Waals surface area contributed by atoms with Crippen LogP contribution in [0, 0.1) is 5.92 Å². The molecular weight excluding hydrogens is 432 g/mol. The van der Waals surface area contributed by atoms with E-state index in [2.05, 4.69) is 10.8 Å². The zero-order chi connectivity index (χ0) is 25.2. The molecule has 1 aliphatic rings. The number of rotatable bonds is 12. The second-order valence-corrected chi connectivity index (χ2v) is 8.36. The maximum absolute atomic E-state index is 12.8. The van der Waals surface area contributed by atoms with Gasteiger partial charge in [-0.3, -0.25) is 19.2 Å². The van der Waals surface area contributed by atoms with Crippen molar-refractivity contribution >= 4 is 29.5 Å². The molecule has 0 aliphatic carbocycles. The Morgan fingerprint density at radius 2 is 1.67 bits per heavy atom. The van der Waals surface area contributed by atoms with E-state index in [1.54, 1.807) is 6.08 Å². The quantitative estimate of drug-likeness (QED) is 0.185. The van der Waals surface area contributed by atoms with Crippen LogP contribution in [-0.2, 0) is 42.9 Å². The number of ether oxygens (including phenoxy) is 4. The summed E-state index contributed by atoms with van der Waals surface area (Å²) in [6.45, 7) is 9.06. The third-order valence-corrected chi connectivity index (χ3v) is 4.40. The molecule has 0 saturated heterocycles. The molecule has 1 atom stereocenters. The van der Waals surface area contributed by atoms with Gasteiger partial charge in [0.05, 0.1) is 12.5 Å². The third kappa shape index (κ3) is 10.8. The summed E-state index contributed by atoms with van der Waals surface area (Å²) in [5.41, 5.74) is 2.19. The summed E-state index contributed by atoms with van der Waals surface area (Å²) in [7, 11) is 0. The second-order valence-electron chi connectivity index (χ2n) is 8.36. The molecule has 33 heavy (non-hydrogen) atoms. The van der Waals surface area contributed by atoms with Gasteiger partial charge in [0.25, 0.3) is 0 Å². The minimum Gasteiger partial charge on any atom is -0.461 e. The first-order valence-electron chi connectivity index (χ1n) is 10.6. The van der Waals surface area contributed by atoms with Gasteiger partial charge < -0.3 is 18.9 Å². The maximum atomic E-state index is 12.8. The van der Waals surface area contributed by atoms with Crippen LogP contribution in [0.1, 0.15) is 60.8 Å². The van der Waals surface area contributed by atoms with Crippen molar-refractivity contribution in [1.82, 2.24) is 0 Å². The van der Waals surface area contributed by atoms with Crippen molar-refractivity contribution in [3.05, 3.63) is 35.1 Å². The number of carbonyl (C=O) groups excluding carboxylic acids is 5. The Morgan fingerprint density at radius 3 is 2.24 bits per heavy atom. The first-order valence-corrected chi connectivity index (χ1v) is 10.6. The van der Waals surface area contributed by atoms with Gasteiger partial charge in [0.1, 0.15) is 12.4 Å². The fourth-order valence-electron chi connectivity index (χ4n) is 2.87. The summed E-state index contributed by atoms with van der Waals surface area (Å²) in [5, 5.41) is 0. The van der Waals surface area contributed by atoms with Crippen molar-refractivity contribution < 1.29 is 42.9 Å². The molecule has 0 bridgehead atoms. The lowest BCUT2D eigenvalue weighted by Gasteiger charge is -2.30. The minimum absolute atomic E-state index is 0.0469. The number of allylic oxidation sites excluding steroid dienone is 4. The van der Waals surface area contributed by atoms with E-state index < -0.39 is 54.2 Å². The van der Waals surface area contributed by atoms with Gasteiger partial charge in [-0.25, -0.2) is 4.79 Å². The highest BCUT2D eigenvalue weighted by atomic mass is 16.7. The Bertz CT molecular complexity index is 870. The highest BCUT2D eigenvalue weighted by Gasteiger charge is 2.38. The lowest BCUT2D eigenvalue weighted by Crippen LogP contribution is -2.38. The number of Topliss-reactive ketones (excluding diaryl/α,β-unsaturated/α-hetero) is 2. The zero-order valence-electron chi connectivity index (χ0n) is 20.0. The average Bonchev–Trinajstić information content (AvgIpc) is 2.64. The van der Waals surface area contributed by atoms with Gasteiger partial charge in [-0.2, -0.15) is 0 Å². The Balaban J connectivity index is 2.88. The van der Waals surface area contributed by atoms with Gasteiger partial charge in [-0.15, -0.1) is 0 Å². The first-order chi connectivity index (χ1) is 15.3. The third-order valence-electron chi connectivity index (χ3n) is 4.40. The predicted molar refractivity (Wildman–Crippen MR) is 117 cm³/mol. The first kappa shape index (κ1) is 27.8. The summed E-state index contributed by atoms with van der Waals surface area (Å²) in [6, 6.07) is 0. The van der Waals surface area contributed by atoms with Crippen LogP contribution in [0.5, 0.6) is 0 Å². The van der Waals surface area contributed by atoms with Crippen molar-refractivity contribution in [2.45, 2.75) is 66.6 Å². The second kappa shape index (κ2) is 12.7. The van der Waals surface area contributed by atoms with Gasteiger partial charge in [0.2, 0.25) is 5.79 Å². The van der Waals surface area contributed by atoms with E-state index in [4.69, 9.17) is 14.2 Å². The molecular formula is C24H32O9. The Kier molecular flexibility index (Phi) is 10.7. The molecule has 0 fully saturated rings. The summed E-state index contributed by atoms with van der Waals surface area (Å²) in [5.74, 6) is -7.46. The molecule has 0 radical (unpaired) electrons. The van der Waals surface area contributed by atoms with Gasteiger partial charge >= 0.3 is 17.9 Å². The van der Waals surface area contributed by atoms with E-state index in [9.17, 15) is 24.0 Å². The van der Waals surface area contributed by atoms with E-state index in [1.807, 2.05) is 20.8 Å². The monoisotopic (exact) mass is 464 g/mol. The van der Waals surface area contributed by atoms with E-state index in [1.165, 1.54) is 19.4 Å². The molecule has 9 heteroatoms. The fraction of sp³-hybridized carbons (Fsp3) is 0.542. The molecule has 0 spiro atoms. The standard InChI is InChI=1S/C24H32O9/c1-15(2)8-7-9-16(3)10-11-30-23(29)22(20(27)14-31-17(4)25)19(26)12-18-13-21(28)33-24(5,6)32-18/h8,10,13,22H,7,9,11-12,14H2,1-6H3/b16-10+. The van der Waals surface area contributed by atoms with Crippen LogP contribution >= 0.6 is 0 Å². The van der Waals surface area contributed by atoms with Crippen LogP contribution in [0.4, 0.5) is 0 Å². The number of esters is 3. The molecule has 0 amide bonds. The van der Waals surface area contributed by atoms with Crippen LogP contribution in [0.3, 0.4) is 0 Å². The van der Waals surface area contributed by atoms with E-state index in [0.29, 0.717) is 0 Å². The van der Waals surface area contributed by atoms with Crippen LogP contribution < -0.4 is 0 Å². The summed E-state index contributed by atoms with van der Waals surface area (Å²) in [6.07, 6.45) is 5.86. The average molecular weight is 465 g/mol. The largest absolute Gasteiger partial charge is 0.461 e. The Morgan fingerprint density at radius 1 is 1.00 bits per heavy atom. The van der Waals surface area contributed by atoms with Gasteiger partial charge in [0.15, 0.2) is 24.1 Å². The molecule has 0 saturated carbocycles. The molecule has 0 N–H and O–H groups in total. The summed E-state index contributed by atoms with van der Waals surface area (Å²) in [4.78, 5) is 60.6. The molecule has 0 aromatic carbocycles. The lowest BCUT2D eigenvalue weighted by molar-refractivity contribution is -0.205. The SMILES string of the molecule is CC(=O)OCC(=O)C(C(=O)CC1=CC(=O)OC(C)(C)O1)C(=O)OC/C=C(\C)CCC=C(C)C. The maximum Gasteiger partial charge on any atom is 0.337 e. The normalized spacial score (nSPS) is 15.9. The smallest absolute Gasteiger partial charge is 0.337 e. The highest BCUT2D eigenvalue weighted by molar-refractivity contribution is 6.18. The van der Waals surface area contributed by atoms with Crippen LogP contribution in [-0.4, -0.2) is 48.5 Å². The number of ketones is 2. The molecule has 9 nitrogen and oxygen atoms in total. The van der Waals surface area contributed by atoms with Gasteiger partial charge in [0, 0.05) is 20.8 Å². The van der Waals surface area contributed by atoms with Gasteiger partial charge in [-0.05, 0) is 39.7 Å². The van der Waals surface area contributed by atoms with E-state index in [0.717, 1.165) is 31.4 Å². The Labute approximate surface area is 193 Å². The number of hydrogen-bond donors (Lipinski definition) is 0. The molecule has 182 valence electrons. The summed E-state index contributed by atoms with van der Waals surface area (Å²) < 4.78 is 20.2. The summed E-state index contributed by atoms with van der Waals surface area (Å²) >= 11 is 0.